The van der Waals surface area contributed by atoms with E-state index in [0.717, 1.165) is 25.1 Å². The van der Waals surface area contributed by atoms with Crippen LogP contribution >= 0.6 is 0 Å². The van der Waals surface area contributed by atoms with E-state index in [1.807, 2.05) is 12.1 Å². The third kappa shape index (κ3) is 5.03. The highest BCUT2D eigenvalue weighted by molar-refractivity contribution is 5.75. The van der Waals surface area contributed by atoms with Crippen molar-refractivity contribution >= 4 is 5.91 Å². The number of piperidine rings is 1. The van der Waals surface area contributed by atoms with E-state index in [0.29, 0.717) is 36.1 Å². The topological polar surface area (TPSA) is 68.8 Å². The number of hydrogen-bond acceptors (Lipinski definition) is 5. The smallest absolute Gasteiger partial charge is 0.220 e. The monoisotopic (exact) mass is 336 g/mol. The summed E-state index contributed by atoms with van der Waals surface area (Å²) in [4.78, 5) is 12.1. The van der Waals surface area contributed by atoms with Crippen LogP contribution < -0.4 is 24.8 Å². The lowest BCUT2D eigenvalue weighted by Crippen LogP contribution is -2.29. The number of nitrogens with one attached hydrogen (secondary N) is 2. The molecule has 0 atom stereocenters. The number of hydrogen-bond donors (Lipinski definition) is 2. The predicted octanol–water partition coefficient (Wildman–Crippen LogP) is 2.11. The van der Waals surface area contributed by atoms with Crippen molar-refractivity contribution in [1.82, 2.24) is 10.6 Å². The second-order valence-electron chi connectivity index (χ2n) is 6.04. The SMILES string of the molecule is COc1cc(CNC(=O)CCC2CCNCC2)cc(OC)c1OC. The van der Waals surface area contributed by atoms with Crippen molar-refractivity contribution in [1.29, 1.82) is 0 Å². The number of rotatable bonds is 8. The molecule has 1 aliphatic heterocycles. The molecule has 0 radical (unpaired) electrons. The summed E-state index contributed by atoms with van der Waals surface area (Å²) < 4.78 is 16.0. The van der Waals surface area contributed by atoms with Gasteiger partial charge in [-0.2, -0.15) is 0 Å². The van der Waals surface area contributed by atoms with Crippen LogP contribution in [0.4, 0.5) is 0 Å². The summed E-state index contributed by atoms with van der Waals surface area (Å²) >= 11 is 0. The molecule has 0 spiro atoms. The number of carbonyl (C=O) groups excluding carboxylic acids is 1. The van der Waals surface area contributed by atoms with E-state index in [1.165, 1.54) is 12.8 Å². The van der Waals surface area contributed by atoms with Crippen molar-refractivity contribution in [2.45, 2.75) is 32.2 Å². The van der Waals surface area contributed by atoms with Crippen LogP contribution in [0, 0.1) is 5.92 Å². The highest BCUT2D eigenvalue weighted by Gasteiger charge is 2.16. The Morgan fingerprint density at radius 2 is 1.75 bits per heavy atom. The summed E-state index contributed by atoms with van der Waals surface area (Å²) in [5, 5.41) is 6.32. The fourth-order valence-corrected chi connectivity index (χ4v) is 3.03. The maximum atomic E-state index is 12.1. The summed E-state index contributed by atoms with van der Waals surface area (Å²) in [6.45, 7) is 2.58. The van der Waals surface area contributed by atoms with Crippen molar-refractivity contribution in [2.24, 2.45) is 5.92 Å². The second kappa shape index (κ2) is 9.37. The lowest BCUT2D eigenvalue weighted by Gasteiger charge is -2.22. The molecular formula is C18H28N2O4. The maximum Gasteiger partial charge on any atom is 0.220 e. The number of carbonyl (C=O) groups is 1. The van der Waals surface area contributed by atoms with Crippen molar-refractivity contribution < 1.29 is 19.0 Å². The molecule has 6 nitrogen and oxygen atoms in total. The van der Waals surface area contributed by atoms with E-state index < -0.39 is 0 Å². The lowest BCUT2D eigenvalue weighted by atomic mass is 9.93. The van der Waals surface area contributed by atoms with Crippen LogP contribution in [0.25, 0.3) is 0 Å². The van der Waals surface area contributed by atoms with E-state index in [4.69, 9.17) is 14.2 Å². The lowest BCUT2D eigenvalue weighted by molar-refractivity contribution is -0.121. The molecule has 0 bridgehead atoms. The Morgan fingerprint density at radius 3 is 2.29 bits per heavy atom. The fourth-order valence-electron chi connectivity index (χ4n) is 3.03. The van der Waals surface area contributed by atoms with Crippen molar-refractivity contribution in [3.8, 4) is 17.2 Å². The normalized spacial score (nSPS) is 15.0. The van der Waals surface area contributed by atoms with Gasteiger partial charge in [0.1, 0.15) is 0 Å². The van der Waals surface area contributed by atoms with Crippen LogP contribution in [0.2, 0.25) is 0 Å². The molecule has 2 N–H and O–H groups in total. The van der Waals surface area contributed by atoms with Gasteiger partial charge in [0.05, 0.1) is 21.3 Å². The van der Waals surface area contributed by atoms with E-state index in [1.54, 1.807) is 21.3 Å². The molecule has 1 heterocycles. The minimum absolute atomic E-state index is 0.0854. The molecule has 1 aromatic rings. The molecule has 0 aliphatic carbocycles. The number of benzene rings is 1. The molecule has 0 unspecified atom stereocenters. The second-order valence-corrected chi connectivity index (χ2v) is 6.04. The zero-order valence-electron chi connectivity index (χ0n) is 14.8. The van der Waals surface area contributed by atoms with Crippen molar-refractivity contribution in [2.75, 3.05) is 34.4 Å². The minimum Gasteiger partial charge on any atom is -0.493 e. The highest BCUT2D eigenvalue weighted by atomic mass is 16.5. The van der Waals surface area contributed by atoms with Gasteiger partial charge in [0.25, 0.3) is 0 Å². The fraction of sp³-hybridized carbons (Fsp3) is 0.611. The van der Waals surface area contributed by atoms with Crippen LogP contribution in [0.3, 0.4) is 0 Å². The van der Waals surface area contributed by atoms with Gasteiger partial charge >= 0.3 is 0 Å². The quantitative estimate of drug-likeness (QED) is 0.761. The van der Waals surface area contributed by atoms with Crippen LogP contribution in [0.1, 0.15) is 31.2 Å². The molecular weight excluding hydrogens is 308 g/mol. The predicted molar refractivity (Wildman–Crippen MR) is 92.8 cm³/mol. The number of ether oxygens (including phenoxy) is 3. The van der Waals surface area contributed by atoms with Gasteiger partial charge in [0.15, 0.2) is 11.5 Å². The van der Waals surface area contributed by atoms with Gasteiger partial charge in [-0.25, -0.2) is 0 Å². The first-order valence-corrected chi connectivity index (χ1v) is 8.44. The van der Waals surface area contributed by atoms with E-state index >= 15 is 0 Å². The minimum atomic E-state index is 0.0854. The zero-order valence-corrected chi connectivity index (χ0v) is 14.8. The van der Waals surface area contributed by atoms with Gasteiger partial charge in [-0.3, -0.25) is 4.79 Å². The maximum absolute atomic E-state index is 12.1. The van der Waals surface area contributed by atoms with E-state index in [2.05, 4.69) is 10.6 Å². The van der Waals surface area contributed by atoms with Gasteiger partial charge in [-0.15, -0.1) is 0 Å². The molecule has 1 fully saturated rings. The largest absolute Gasteiger partial charge is 0.493 e. The van der Waals surface area contributed by atoms with E-state index in [-0.39, 0.29) is 5.91 Å². The average Bonchev–Trinajstić information content (AvgIpc) is 2.64. The molecule has 6 heteroatoms. The first-order valence-electron chi connectivity index (χ1n) is 8.44. The molecule has 0 saturated carbocycles. The molecule has 1 saturated heterocycles. The Balaban J connectivity index is 1.87. The van der Waals surface area contributed by atoms with E-state index in [9.17, 15) is 4.79 Å². The summed E-state index contributed by atoms with van der Waals surface area (Å²) in [6.07, 6.45) is 3.87. The number of methoxy groups -OCH3 is 3. The van der Waals surface area contributed by atoms with Crippen LogP contribution in [-0.4, -0.2) is 40.3 Å². The van der Waals surface area contributed by atoms with Crippen LogP contribution in [0.15, 0.2) is 12.1 Å². The first kappa shape index (κ1) is 18.4. The Kier molecular flexibility index (Phi) is 7.18. The van der Waals surface area contributed by atoms with Gasteiger partial charge in [0, 0.05) is 13.0 Å². The van der Waals surface area contributed by atoms with Crippen molar-refractivity contribution in [3.05, 3.63) is 17.7 Å². The van der Waals surface area contributed by atoms with Gasteiger partial charge in [-0.05, 0) is 56.0 Å². The average molecular weight is 336 g/mol. The molecule has 2 rings (SSSR count). The summed E-state index contributed by atoms with van der Waals surface area (Å²) in [7, 11) is 4.74. The first-order chi connectivity index (χ1) is 11.7. The molecule has 1 aromatic carbocycles. The molecule has 1 aliphatic rings. The Labute approximate surface area is 143 Å². The Bertz CT molecular complexity index is 517. The van der Waals surface area contributed by atoms with Gasteiger partial charge in [0.2, 0.25) is 11.7 Å². The number of amides is 1. The van der Waals surface area contributed by atoms with Gasteiger partial charge < -0.3 is 24.8 Å². The summed E-state index contributed by atoms with van der Waals surface area (Å²) in [5.41, 5.74) is 0.916. The van der Waals surface area contributed by atoms with Gasteiger partial charge in [-0.1, -0.05) is 0 Å². The highest BCUT2D eigenvalue weighted by Crippen LogP contribution is 2.38. The Hall–Kier alpha value is -1.95. The molecule has 134 valence electrons. The third-order valence-electron chi connectivity index (χ3n) is 4.45. The van der Waals surface area contributed by atoms with Crippen LogP contribution in [0.5, 0.6) is 17.2 Å². The van der Waals surface area contributed by atoms with Crippen LogP contribution in [-0.2, 0) is 11.3 Å². The summed E-state index contributed by atoms with van der Waals surface area (Å²) in [5.74, 6) is 2.49. The zero-order chi connectivity index (χ0) is 17.4. The van der Waals surface area contributed by atoms with Crippen molar-refractivity contribution in [3.63, 3.8) is 0 Å². The third-order valence-corrected chi connectivity index (χ3v) is 4.45. The Morgan fingerprint density at radius 1 is 1.12 bits per heavy atom. The summed E-state index contributed by atoms with van der Waals surface area (Å²) in [6, 6.07) is 3.71. The molecule has 0 aromatic heterocycles. The standard InChI is InChI=1S/C18H28N2O4/c1-22-15-10-14(11-16(23-2)18(15)24-3)12-20-17(21)5-4-13-6-8-19-9-7-13/h10-11,13,19H,4-9,12H2,1-3H3,(H,20,21). The molecule has 1 amide bonds. The molecule has 24 heavy (non-hydrogen) atoms.